The van der Waals surface area contributed by atoms with E-state index in [9.17, 15) is 9.59 Å². The SMILES string of the molecule is NCCN1CCN(C(=O)O)CC1=O. The van der Waals surface area contributed by atoms with Gasteiger partial charge in [-0.15, -0.1) is 0 Å². The summed E-state index contributed by atoms with van der Waals surface area (Å²) in [5.74, 6) is -0.167. The summed E-state index contributed by atoms with van der Waals surface area (Å²) in [5, 5.41) is 8.60. The molecule has 6 nitrogen and oxygen atoms in total. The molecule has 0 saturated carbocycles. The zero-order valence-corrected chi connectivity index (χ0v) is 7.27. The Kier molecular flexibility index (Phi) is 3.07. The molecule has 0 unspecified atom stereocenters. The predicted molar refractivity (Wildman–Crippen MR) is 45.2 cm³/mol. The van der Waals surface area contributed by atoms with Gasteiger partial charge in [0.1, 0.15) is 6.54 Å². The first kappa shape index (κ1) is 9.79. The van der Waals surface area contributed by atoms with Gasteiger partial charge in [0.25, 0.3) is 0 Å². The molecule has 0 spiro atoms. The number of hydrogen-bond acceptors (Lipinski definition) is 3. The third-order valence-corrected chi connectivity index (χ3v) is 1.99. The first-order valence-corrected chi connectivity index (χ1v) is 4.11. The summed E-state index contributed by atoms with van der Waals surface area (Å²) in [6.45, 7) is 1.70. The summed E-state index contributed by atoms with van der Waals surface area (Å²) in [6, 6.07) is 0. The highest BCUT2D eigenvalue weighted by molar-refractivity contribution is 5.83. The van der Waals surface area contributed by atoms with Crippen molar-refractivity contribution in [1.82, 2.24) is 9.80 Å². The van der Waals surface area contributed by atoms with Gasteiger partial charge in [0.15, 0.2) is 0 Å². The lowest BCUT2D eigenvalue weighted by molar-refractivity contribution is -0.135. The number of amides is 2. The molecule has 1 aliphatic rings. The number of hydrogen-bond donors (Lipinski definition) is 2. The van der Waals surface area contributed by atoms with Crippen molar-refractivity contribution >= 4 is 12.0 Å². The van der Waals surface area contributed by atoms with E-state index in [0.29, 0.717) is 26.2 Å². The van der Waals surface area contributed by atoms with Crippen LogP contribution in [-0.4, -0.2) is 59.6 Å². The van der Waals surface area contributed by atoms with E-state index in [-0.39, 0.29) is 12.5 Å². The lowest BCUT2D eigenvalue weighted by Crippen LogP contribution is -2.52. The van der Waals surface area contributed by atoms with Crippen LogP contribution in [0.25, 0.3) is 0 Å². The first-order valence-electron chi connectivity index (χ1n) is 4.11. The van der Waals surface area contributed by atoms with Gasteiger partial charge in [-0.3, -0.25) is 9.69 Å². The largest absolute Gasteiger partial charge is 0.465 e. The lowest BCUT2D eigenvalue weighted by Gasteiger charge is -2.32. The third-order valence-electron chi connectivity index (χ3n) is 1.99. The fourth-order valence-corrected chi connectivity index (χ4v) is 1.26. The van der Waals surface area contributed by atoms with Crippen LogP contribution < -0.4 is 5.73 Å². The minimum Gasteiger partial charge on any atom is -0.465 e. The van der Waals surface area contributed by atoms with Crippen LogP contribution in [0.2, 0.25) is 0 Å². The highest BCUT2D eigenvalue weighted by Crippen LogP contribution is 2.02. The van der Waals surface area contributed by atoms with E-state index in [0.717, 1.165) is 4.90 Å². The Morgan fingerprint density at radius 1 is 1.54 bits per heavy atom. The molecule has 0 bridgehead atoms. The molecule has 1 fully saturated rings. The van der Waals surface area contributed by atoms with Crippen molar-refractivity contribution in [3.05, 3.63) is 0 Å². The van der Waals surface area contributed by atoms with Gasteiger partial charge in [0.2, 0.25) is 5.91 Å². The fourth-order valence-electron chi connectivity index (χ4n) is 1.26. The zero-order chi connectivity index (χ0) is 9.84. The number of nitrogens with zero attached hydrogens (tertiary/aromatic N) is 2. The van der Waals surface area contributed by atoms with Gasteiger partial charge in [-0.05, 0) is 0 Å². The van der Waals surface area contributed by atoms with E-state index in [1.807, 2.05) is 0 Å². The van der Waals surface area contributed by atoms with E-state index >= 15 is 0 Å². The molecule has 1 heterocycles. The maximum Gasteiger partial charge on any atom is 0.407 e. The van der Waals surface area contributed by atoms with Crippen LogP contribution in [-0.2, 0) is 4.79 Å². The summed E-state index contributed by atoms with van der Waals surface area (Å²) in [6.07, 6.45) is -1.04. The maximum atomic E-state index is 11.3. The topological polar surface area (TPSA) is 86.9 Å². The molecular weight excluding hydrogens is 174 g/mol. The molecule has 0 aromatic heterocycles. The van der Waals surface area contributed by atoms with Gasteiger partial charge in [-0.1, -0.05) is 0 Å². The summed E-state index contributed by atoms with van der Waals surface area (Å²) in [7, 11) is 0. The minimum atomic E-state index is -1.04. The summed E-state index contributed by atoms with van der Waals surface area (Å²) >= 11 is 0. The molecule has 0 aromatic rings. The lowest BCUT2D eigenvalue weighted by atomic mass is 10.3. The Bertz CT molecular complexity index is 219. The second-order valence-electron chi connectivity index (χ2n) is 2.87. The summed E-state index contributed by atoms with van der Waals surface area (Å²) in [5.41, 5.74) is 5.29. The van der Waals surface area contributed by atoms with Gasteiger partial charge < -0.3 is 15.7 Å². The van der Waals surface area contributed by atoms with E-state index in [2.05, 4.69) is 0 Å². The Morgan fingerprint density at radius 2 is 2.23 bits per heavy atom. The predicted octanol–water partition coefficient (Wildman–Crippen LogP) is -1.23. The number of nitrogens with two attached hydrogens (primary N) is 1. The van der Waals surface area contributed by atoms with Crippen molar-refractivity contribution in [1.29, 1.82) is 0 Å². The molecule has 3 N–H and O–H groups in total. The third kappa shape index (κ3) is 2.32. The molecular formula is C7H13N3O3. The van der Waals surface area contributed by atoms with Crippen molar-refractivity contribution in [2.45, 2.75) is 0 Å². The molecule has 1 aliphatic heterocycles. The van der Waals surface area contributed by atoms with Gasteiger partial charge in [0, 0.05) is 26.2 Å². The van der Waals surface area contributed by atoms with Crippen molar-refractivity contribution in [2.75, 3.05) is 32.7 Å². The molecule has 1 saturated heterocycles. The number of rotatable bonds is 2. The van der Waals surface area contributed by atoms with Gasteiger partial charge >= 0.3 is 6.09 Å². The van der Waals surface area contributed by atoms with Crippen molar-refractivity contribution in [3.8, 4) is 0 Å². The van der Waals surface area contributed by atoms with E-state index in [1.54, 1.807) is 4.90 Å². The van der Waals surface area contributed by atoms with Crippen LogP contribution in [0.3, 0.4) is 0 Å². The minimum absolute atomic E-state index is 0.0463. The molecule has 13 heavy (non-hydrogen) atoms. The van der Waals surface area contributed by atoms with Gasteiger partial charge in [0.05, 0.1) is 0 Å². The van der Waals surface area contributed by atoms with Crippen LogP contribution >= 0.6 is 0 Å². The second kappa shape index (κ2) is 4.08. The van der Waals surface area contributed by atoms with Gasteiger partial charge in [-0.2, -0.15) is 0 Å². The van der Waals surface area contributed by atoms with Crippen LogP contribution in [0.1, 0.15) is 0 Å². The molecule has 6 heteroatoms. The Balaban J connectivity index is 2.46. The van der Waals surface area contributed by atoms with Crippen molar-refractivity contribution < 1.29 is 14.7 Å². The van der Waals surface area contributed by atoms with Crippen LogP contribution in [0.4, 0.5) is 4.79 Å². The summed E-state index contributed by atoms with van der Waals surface area (Å²) in [4.78, 5) is 24.4. The van der Waals surface area contributed by atoms with E-state index in [1.165, 1.54) is 0 Å². The molecule has 0 radical (unpaired) electrons. The molecule has 0 aliphatic carbocycles. The van der Waals surface area contributed by atoms with Crippen molar-refractivity contribution in [2.24, 2.45) is 5.73 Å². The van der Waals surface area contributed by atoms with Crippen LogP contribution in [0, 0.1) is 0 Å². The molecule has 1 rings (SSSR count). The standard InChI is InChI=1S/C7H13N3O3/c8-1-2-9-3-4-10(7(12)13)5-6(9)11/h1-5,8H2,(H,12,13). The highest BCUT2D eigenvalue weighted by Gasteiger charge is 2.25. The molecule has 74 valence electrons. The highest BCUT2D eigenvalue weighted by atomic mass is 16.4. The van der Waals surface area contributed by atoms with E-state index < -0.39 is 6.09 Å². The smallest absolute Gasteiger partial charge is 0.407 e. The second-order valence-corrected chi connectivity index (χ2v) is 2.87. The number of carboxylic acid groups (broad SMARTS) is 1. The Labute approximate surface area is 75.9 Å². The zero-order valence-electron chi connectivity index (χ0n) is 7.27. The normalized spacial score (nSPS) is 17.8. The Morgan fingerprint density at radius 3 is 2.69 bits per heavy atom. The average Bonchev–Trinajstić information content (AvgIpc) is 2.08. The van der Waals surface area contributed by atoms with Crippen LogP contribution in [0.5, 0.6) is 0 Å². The average molecular weight is 187 g/mol. The maximum absolute atomic E-state index is 11.3. The summed E-state index contributed by atoms with van der Waals surface area (Å²) < 4.78 is 0. The Hall–Kier alpha value is -1.30. The monoisotopic (exact) mass is 187 g/mol. The quantitative estimate of drug-likeness (QED) is 0.566. The van der Waals surface area contributed by atoms with Crippen molar-refractivity contribution in [3.63, 3.8) is 0 Å². The van der Waals surface area contributed by atoms with Crippen LogP contribution in [0.15, 0.2) is 0 Å². The number of carbonyl (C=O) groups is 2. The van der Waals surface area contributed by atoms with E-state index in [4.69, 9.17) is 10.8 Å². The number of carbonyl (C=O) groups excluding carboxylic acids is 1. The molecule has 2 amide bonds. The van der Waals surface area contributed by atoms with Gasteiger partial charge in [-0.25, -0.2) is 4.79 Å². The number of piperazine rings is 1. The fraction of sp³-hybridized carbons (Fsp3) is 0.714. The molecule has 0 aromatic carbocycles. The first-order chi connectivity index (χ1) is 6.15. The molecule has 0 atom stereocenters.